The summed E-state index contributed by atoms with van der Waals surface area (Å²) in [5.41, 5.74) is 0. The van der Waals surface area contributed by atoms with Crippen molar-refractivity contribution in [3.05, 3.63) is 0 Å². The maximum Gasteiger partial charge on any atom is 0.303 e. The molecule has 1 aliphatic heterocycles. The zero-order valence-electron chi connectivity index (χ0n) is 12.7. The molecule has 1 amide bonds. The van der Waals surface area contributed by atoms with Crippen LogP contribution >= 0.6 is 0 Å². The van der Waals surface area contributed by atoms with E-state index in [1.165, 1.54) is 0 Å². The van der Waals surface area contributed by atoms with Crippen molar-refractivity contribution in [1.29, 1.82) is 0 Å². The molecule has 0 bridgehead atoms. The van der Waals surface area contributed by atoms with Gasteiger partial charge in [-0.25, -0.2) is 0 Å². The zero-order valence-corrected chi connectivity index (χ0v) is 12.7. The lowest BCUT2D eigenvalue weighted by Gasteiger charge is -2.28. The van der Waals surface area contributed by atoms with Crippen LogP contribution in [0.15, 0.2) is 0 Å². The Morgan fingerprint density at radius 1 is 1.25 bits per heavy atom. The van der Waals surface area contributed by atoms with E-state index >= 15 is 0 Å². The van der Waals surface area contributed by atoms with Crippen molar-refractivity contribution >= 4 is 11.9 Å². The first-order chi connectivity index (χ1) is 9.50. The van der Waals surface area contributed by atoms with Gasteiger partial charge in [-0.1, -0.05) is 0 Å². The third-order valence-electron chi connectivity index (χ3n) is 3.96. The van der Waals surface area contributed by atoms with E-state index in [0.717, 1.165) is 32.4 Å². The average Bonchev–Trinajstić information content (AvgIpc) is 2.41. The summed E-state index contributed by atoms with van der Waals surface area (Å²) in [5, 5.41) is 12.0. The minimum Gasteiger partial charge on any atom is -0.481 e. The molecule has 1 aliphatic rings. The quantitative estimate of drug-likeness (QED) is 0.714. The maximum atomic E-state index is 12.3. The second-order valence-electron chi connectivity index (χ2n) is 5.91. The molecule has 0 aromatic carbocycles. The average molecular weight is 284 g/mol. The monoisotopic (exact) mass is 284 g/mol. The lowest BCUT2D eigenvalue weighted by Crippen LogP contribution is -2.38. The summed E-state index contributed by atoms with van der Waals surface area (Å²) in [4.78, 5) is 24.6. The van der Waals surface area contributed by atoms with Gasteiger partial charge in [-0.3, -0.25) is 9.59 Å². The van der Waals surface area contributed by atoms with E-state index in [4.69, 9.17) is 5.11 Å². The van der Waals surface area contributed by atoms with Gasteiger partial charge >= 0.3 is 5.97 Å². The smallest absolute Gasteiger partial charge is 0.303 e. The van der Waals surface area contributed by atoms with E-state index in [1.807, 2.05) is 18.7 Å². The summed E-state index contributed by atoms with van der Waals surface area (Å²) >= 11 is 0. The molecule has 0 unspecified atom stereocenters. The number of nitrogens with one attached hydrogen (secondary N) is 1. The van der Waals surface area contributed by atoms with Gasteiger partial charge in [0.05, 0.1) is 0 Å². The van der Waals surface area contributed by atoms with Gasteiger partial charge < -0.3 is 15.3 Å². The van der Waals surface area contributed by atoms with E-state index in [2.05, 4.69) is 5.32 Å². The second-order valence-corrected chi connectivity index (χ2v) is 5.91. The lowest BCUT2D eigenvalue weighted by molar-refractivity contribution is -0.138. The van der Waals surface area contributed by atoms with Gasteiger partial charge in [0, 0.05) is 25.4 Å². The summed E-state index contributed by atoms with van der Waals surface area (Å²) in [6, 6.07) is 0.143. The molecule has 2 N–H and O–H groups in total. The number of carbonyl (C=O) groups excluding carboxylic acids is 1. The van der Waals surface area contributed by atoms with Crippen LogP contribution in [0.1, 0.15) is 52.4 Å². The minimum absolute atomic E-state index is 0.130. The van der Waals surface area contributed by atoms with E-state index < -0.39 is 5.97 Å². The number of amides is 1. The largest absolute Gasteiger partial charge is 0.481 e. The molecule has 116 valence electrons. The fraction of sp³-hybridized carbons (Fsp3) is 0.867. The Hall–Kier alpha value is -1.10. The third kappa shape index (κ3) is 6.37. The van der Waals surface area contributed by atoms with Crippen molar-refractivity contribution in [2.45, 2.75) is 58.4 Å². The zero-order chi connectivity index (χ0) is 15.0. The summed E-state index contributed by atoms with van der Waals surface area (Å²) in [5.74, 6) is 0.0352. The van der Waals surface area contributed by atoms with Crippen LogP contribution in [-0.4, -0.2) is 47.6 Å². The molecule has 0 aromatic heterocycles. The van der Waals surface area contributed by atoms with Crippen LogP contribution in [0.25, 0.3) is 0 Å². The van der Waals surface area contributed by atoms with Crippen molar-refractivity contribution in [3.63, 3.8) is 0 Å². The number of hydrogen-bond acceptors (Lipinski definition) is 3. The Balaban J connectivity index is 2.32. The molecule has 0 aliphatic carbocycles. The molecular formula is C15H28N2O3. The Morgan fingerprint density at radius 2 is 1.90 bits per heavy atom. The van der Waals surface area contributed by atoms with Crippen molar-refractivity contribution in [2.75, 3.05) is 19.6 Å². The molecule has 1 heterocycles. The predicted molar refractivity (Wildman–Crippen MR) is 78.5 cm³/mol. The van der Waals surface area contributed by atoms with Crippen molar-refractivity contribution in [2.24, 2.45) is 5.92 Å². The van der Waals surface area contributed by atoms with Gasteiger partial charge in [-0.2, -0.15) is 0 Å². The highest BCUT2D eigenvalue weighted by molar-refractivity contribution is 5.76. The van der Waals surface area contributed by atoms with Crippen molar-refractivity contribution in [1.82, 2.24) is 10.2 Å². The van der Waals surface area contributed by atoms with E-state index in [9.17, 15) is 9.59 Å². The highest BCUT2D eigenvalue weighted by atomic mass is 16.4. The first-order valence-electron chi connectivity index (χ1n) is 7.72. The number of nitrogens with zero attached hydrogens (tertiary/aromatic N) is 1. The number of carboxylic acid groups (broad SMARTS) is 1. The second kappa shape index (κ2) is 8.95. The van der Waals surface area contributed by atoms with Crippen LogP contribution in [-0.2, 0) is 9.59 Å². The Labute approximate surface area is 121 Å². The Kier molecular flexibility index (Phi) is 7.59. The van der Waals surface area contributed by atoms with Crippen molar-refractivity contribution in [3.8, 4) is 0 Å². The molecule has 5 heteroatoms. The Bertz CT molecular complexity index is 312. The molecule has 0 aromatic rings. The molecule has 0 spiro atoms. The van der Waals surface area contributed by atoms with Crippen molar-refractivity contribution < 1.29 is 14.7 Å². The van der Waals surface area contributed by atoms with Crippen LogP contribution in [0.4, 0.5) is 0 Å². The molecule has 1 fully saturated rings. The summed E-state index contributed by atoms with van der Waals surface area (Å²) in [6.45, 7) is 6.65. The highest BCUT2D eigenvalue weighted by Gasteiger charge is 2.19. The summed E-state index contributed by atoms with van der Waals surface area (Å²) < 4.78 is 0. The van der Waals surface area contributed by atoms with E-state index in [0.29, 0.717) is 25.3 Å². The molecule has 0 radical (unpaired) electrons. The van der Waals surface area contributed by atoms with E-state index in [-0.39, 0.29) is 18.4 Å². The van der Waals surface area contributed by atoms with E-state index in [1.54, 1.807) is 0 Å². The van der Waals surface area contributed by atoms with Gasteiger partial charge in [0.2, 0.25) is 5.91 Å². The standard InChI is InChI=1S/C15H28N2O3/c1-12(2)17(11-3-4-15(19)20)14(18)6-5-13-7-9-16-10-8-13/h12-13,16H,3-11H2,1-2H3,(H,19,20). The number of aliphatic carboxylic acids is 1. The molecule has 20 heavy (non-hydrogen) atoms. The molecule has 5 nitrogen and oxygen atoms in total. The van der Waals surface area contributed by atoms with Crippen LogP contribution in [0.5, 0.6) is 0 Å². The van der Waals surface area contributed by atoms with Crippen LogP contribution in [0.3, 0.4) is 0 Å². The molecule has 1 saturated heterocycles. The van der Waals surface area contributed by atoms with Gasteiger partial charge in [-0.05, 0) is 58.5 Å². The summed E-state index contributed by atoms with van der Waals surface area (Å²) in [6.07, 6.45) is 4.54. The fourth-order valence-electron chi connectivity index (χ4n) is 2.71. The van der Waals surface area contributed by atoms with Crippen LogP contribution in [0, 0.1) is 5.92 Å². The highest BCUT2D eigenvalue weighted by Crippen LogP contribution is 2.19. The topological polar surface area (TPSA) is 69.6 Å². The Morgan fingerprint density at radius 3 is 2.45 bits per heavy atom. The minimum atomic E-state index is -0.795. The number of hydrogen-bond donors (Lipinski definition) is 2. The molecular weight excluding hydrogens is 256 g/mol. The number of rotatable bonds is 8. The number of carboxylic acids is 1. The molecule has 0 saturated carbocycles. The third-order valence-corrected chi connectivity index (χ3v) is 3.96. The normalized spacial score (nSPS) is 16.4. The van der Waals surface area contributed by atoms with Gasteiger partial charge in [0.15, 0.2) is 0 Å². The fourth-order valence-corrected chi connectivity index (χ4v) is 2.71. The molecule has 0 atom stereocenters. The predicted octanol–water partition coefficient (Wildman–Crippen LogP) is 1.87. The first-order valence-corrected chi connectivity index (χ1v) is 7.72. The van der Waals surface area contributed by atoms with Gasteiger partial charge in [0.25, 0.3) is 0 Å². The van der Waals surface area contributed by atoms with Gasteiger partial charge in [0.1, 0.15) is 0 Å². The number of piperidine rings is 1. The number of carbonyl (C=O) groups is 2. The summed E-state index contributed by atoms with van der Waals surface area (Å²) in [7, 11) is 0. The molecule has 1 rings (SSSR count). The first kappa shape index (κ1) is 17.0. The SMILES string of the molecule is CC(C)N(CCCC(=O)O)C(=O)CCC1CCNCC1. The van der Waals surface area contributed by atoms with Crippen LogP contribution in [0.2, 0.25) is 0 Å². The van der Waals surface area contributed by atoms with Crippen LogP contribution < -0.4 is 5.32 Å². The lowest BCUT2D eigenvalue weighted by atomic mass is 9.93. The maximum absolute atomic E-state index is 12.3. The van der Waals surface area contributed by atoms with Gasteiger partial charge in [-0.15, -0.1) is 0 Å².